The fraction of sp³-hybridized carbons (Fsp3) is 0.480. The van der Waals surface area contributed by atoms with Gasteiger partial charge >= 0.3 is 0 Å². The minimum Gasteiger partial charge on any atom is -0.493 e. The van der Waals surface area contributed by atoms with Crippen LogP contribution in [-0.2, 0) is 10.0 Å². The summed E-state index contributed by atoms with van der Waals surface area (Å²) in [5, 5.41) is 3.31. The van der Waals surface area contributed by atoms with E-state index in [9.17, 15) is 13.2 Å². The van der Waals surface area contributed by atoms with E-state index in [0.717, 1.165) is 51.3 Å². The summed E-state index contributed by atoms with van der Waals surface area (Å²) in [6.07, 6.45) is 2.09. The van der Waals surface area contributed by atoms with Gasteiger partial charge in [0.25, 0.3) is 15.9 Å². The summed E-state index contributed by atoms with van der Waals surface area (Å²) in [5.74, 6) is 1.14. The number of piperidine rings is 1. The highest BCUT2D eigenvalue weighted by Crippen LogP contribution is 2.33. The lowest BCUT2D eigenvalue weighted by Crippen LogP contribution is -2.44. The molecule has 10 heteroatoms. The Morgan fingerprint density at radius 3 is 2.46 bits per heavy atom. The standard InChI is InChI=1S/C25H34N4O5S/c1-18-5-4-12-29(17-18)25(30)19-6-8-22(28-13-10-26-11-14-28)21(15-19)27-35(31,32)20-7-9-23(33-2)24(16-20)34-3/h6-9,15-16,18,26-27H,4-5,10-14,17H2,1-3H3/t18-/m1/s1. The zero-order chi connectivity index (χ0) is 25.0. The maximum absolute atomic E-state index is 13.4. The van der Waals surface area contributed by atoms with E-state index in [-0.39, 0.29) is 10.8 Å². The van der Waals surface area contributed by atoms with Gasteiger partial charge in [-0.1, -0.05) is 6.92 Å². The number of sulfonamides is 1. The van der Waals surface area contributed by atoms with Crippen molar-refractivity contribution in [1.82, 2.24) is 10.2 Å². The van der Waals surface area contributed by atoms with Crippen LogP contribution in [0.5, 0.6) is 11.5 Å². The molecule has 1 amide bonds. The van der Waals surface area contributed by atoms with Crippen molar-refractivity contribution in [2.45, 2.75) is 24.7 Å². The third-order valence-corrected chi connectivity index (χ3v) is 7.92. The molecule has 190 valence electrons. The lowest BCUT2D eigenvalue weighted by Gasteiger charge is -2.33. The lowest BCUT2D eigenvalue weighted by molar-refractivity contribution is 0.0683. The molecule has 0 radical (unpaired) electrons. The lowest BCUT2D eigenvalue weighted by atomic mass is 9.99. The summed E-state index contributed by atoms with van der Waals surface area (Å²) in [6, 6.07) is 9.76. The number of carbonyl (C=O) groups excluding carboxylic acids is 1. The van der Waals surface area contributed by atoms with Gasteiger partial charge in [0.05, 0.1) is 30.5 Å². The first-order valence-electron chi connectivity index (χ1n) is 12.0. The molecular weight excluding hydrogens is 468 g/mol. The first-order chi connectivity index (χ1) is 16.8. The van der Waals surface area contributed by atoms with Gasteiger partial charge in [0.15, 0.2) is 11.5 Å². The second kappa shape index (κ2) is 10.7. The van der Waals surface area contributed by atoms with Gasteiger partial charge < -0.3 is 24.6 Å². The summed E-state index contributed by atoms with van der Waals surface area (Å²) in [6.45, 7) is 6.66. The molecule has 2 heterocycles. The van der Waals surface area contributed by atoms with Crippen molar-refractivity contribution >= 4 is 27.3 Å². The SMILES string of the molecule is COc1ccc(S(=O)(=O)Nc2cc(C(=O)N3CCC[C@@H](C)C3)ccc2N2CCNCC2)cc1OC. The van der Waals surface area contributed by atoms with Gasteiger partial charge in [-0.2, -0.15) is 0 Å². The first-order valence-corrected chi connectivity index (χ1v) is 13.4. The molecular formula is C25H34N4O5S. The molecule has 0 unspecified atom stereocenters. The smallest absolute Gasteiger partial charge is 0.262 e. The van der Waals surface area contributed by atoms with E-state index in [2.05, 4.69) is 21.9 Å². The van der Waals surface area contributed by atoms with E-state index in [1.807, 2.05) is 11.0 Å². The van der Waals surface area contributed by atoms with Crippen LogP contribution in [0.3, 0.4) is 0 Å². The second-order valence-corrected chi connectivity index (χ2v) is 10.8. The van der Waals surface area contributed by atoms with Gasteiger partial charge in [-0.25, -0.2) is 8.42 Å². The maximum atomic E-state index is 13.4. The largest absolute Gasteiger partial charge is 0.493 e. The van der Waals surface area contributed by atoms with Gasteiger partial charge in [0.1, 0.15) is 0 Å². The Bertz CT molecular complexity index is 1160. The van der Waals surface area contributed by atoms with Gasteiger partial charge in [0.2, 0.25) is 0 Å². The zero-order valence-electron chi connectivity index (χ0n) is 20.5. The van der Waals surface area contributed by atoms with E-state index >= 15 is 0 Å². The van der Waals surface area contributed by atoms with Gasteiger partial charge in [-0.3, -0.25) is 9.52 Å². The predicted molar refractivity (Wildman–Crippen MR) is 136 cm³/mol. The summed E-state index contributed by atoms with van der Waals surface area (Å²) in [4.78, 5) is 17.3. The number of nitrogens with one attached hydrogen (secondary N) is 2. The fourth-order valence-electron chi connectivity index (χ4n) is 4.68. The van der Waals surface area contributed by atoms with Crippen LogP contribution in [0.2, 0.25) is 0 Å². The van der Waals surface area contributed by atoms with E-state index in [1.54, 1.807) is 18.2 Å². The molecule has 1 atom stereocenters. The number of ether oxygens (including phenoxy) is 2. The quantitative estimate of drug-likeness (QED) is 0.601. The molecule has 2 N–H and O–H groups in total. The van der Waals surface area contributed by atoms with Gasteiger partial charge in [-0.05, 0) is 49.1 Å². The van der Waals surface area contributed by atoms with E-state index in [0.29, 0.717) is 35.2 Å². The molecule has 4 rings (SSSR count). The second-order valence-electron chi connectivity index (χ2n) is 9.09. The minimum absolute atomic E-state index is 0.0444. The van der Waals surface area contributed by atoms with Crippen LogP contribution in [0.4, 0.5) is 11.4 Å². The van der Waals surface area contributed by atoms with E-state index in [4.69, 9.17) is 9.47 Å². The highest BCUT2D eigenvalue weighted by atomic mass is 32.2. The molecule has 2 aromatic carbocycles. The number of hydrogen-bond acceptors (Lipinski definition) is 7. The number of carbonyl (C=O) groups is 1. The van der Waals surface area contributed by atoms with Gasteiger partial charge in [0, 0.05) is 50.9 Å². The van der Waals surface area contributed by atoms with E-state index < -0.39 is 10.0 Å². The summed E-state index contributed by atoms with van der Waals surface area (Å²) in [5.41, 5.74) is 1.61. The first kappa shape index (κ1) is 25.1. The molecule has 2 fully saturated rings. The fourth-order valence-corrected chi connectivity index (χ4v) is 5.76. The topological polar surface area (TPSA) is 100 Å². The molecule has 0 spiro atoms. The molecule has 2 aromatic rings. The van der Waals surface area contributed by atoms with Crippen LogP contribution in [0.25, 0.3) is 0 Å². The molecule has 0 bridgehead atoms. The molecule has 0 saturated carbocycles. The van der Waals surface area contributed by atoms with Crippen LogP contribution < -0.4 is 24.4 Å². The third kappa shape index (κ3) is 5.65. The molecule has 2 aliphatic rings. The monoisotopic (exact) mass is 502 g/mol. The molecule has 35 heavy (non-hydrogen) atoms. The normalized spacial score (nSPS) is 18.8. The Labute approximate surface area is 207 Å². The number of rotatable bonds is 7. The molecule has 9 nitrogen and oxygen atoms in total. The Hall–Kier alpha value is -2.98. The number of piperazine rings is 1. The maximum Gasteiger partial charge on any atom is 0.262 e. The van der Waals surface area contributed by atoms with Crippen molar-refractivity contribution in [3.63, 3.8) is 0 Å². The summed E-state index contributed by atoms with van der Waals surface area (Å²) < 4.78 is 40.1. The van der Waals surface area contributed by atoms with Crippen LogP contribution in [0.15, 0.2) is 41.3 Å². The average Bonchev–Trinajstić information content (AvgIpc) is 2.88. The molecule has 0 aliphatic carbocycles. The Morgan fingerprint density at radius 2 is 1.77 bits per heavy atom. The highest BCUT2D eigenvalue weighted by Gasteiger charge is 2.26. The highest BCUT2D eigenvalue weighted by molar-refractivity contribution is 7.92. The van der Waals surface area contributed by atoms with Crippen molar-refractivity contribution in [3.8, 4) is 11.5 Å². The van der Waals surface area contributed by atoms with Crippen molar-refractivity contribution < 1.29 is 22.7 Å². The number of amides is 1. The van der Waals surface area contributed by atoms with Crippen molar-refractivity contribution in [2.75, 3.05) is 63.1 Å². The number of hydrogen-bond donors (Lipinski definition) is 2. The number of nitrogens with zero attached hydrogens (tertiary/aromatic N) is 2. The third-order valence-electron chi connectivity index (χ3n) is 6.56. The molecule has 0 aromatic heterocycles. The van der Waals surface area contributed by atoms with Crippen LogP contribution in [-0.4, -0.2) is 72.7 Å². The van der Waals surface area contributed by atoms with Crippen LogP contribution in [0, 0.1) is 5.92 Å². The minimum atomic E-state index is -3.96. The summed E-state index contributed by atoms with van der Waals surface area (Å²) >= 11 is 0. The Balaban J connectivity index is 1.69. The Kier molecular flexibility index (Phi) is 7.71. The molecule has 2 aliphatic heterocycles. The predicted octanol–water partition coefficient (Wildman–Crippen LogP) is 2.79. The van der Waals surface area contributed by atoms with Crippen molar-refractivity contribution in [2.24, 2.45) is 5.92 Å². The molecule has 2 saturated heterocycles. The van der Waals surface area contributed by atoms with Gasteiger partial charge in [-0.15, -0.1) is 0 Å². The summed E-state index contributed by atoms with van der Waals surface area (Å²) in [7, 11) is -1.01. The Morgan fingerprint density at radius 1 is 1.03 bits per heavy atom. The number of methoxy groups -OCH3 is 2. The number of likely N-dealkylation sites (tertiary alicyclic amines) is 1. The van der Waals surface area contributed by atoms with E-state index in [1.165, 1.54) is 26.4 Å². The van der Waals surface area contributed by atoms with Crippen molar-refractivity contribution in [1.29, 1.82) is 0 Å². The van der Waals surface area contributed by atoms with Crippen LogP contribution in [0.1, 0.15) is 30.1 Å². The average molecular weight is 503 g/mol. The number of anilines is 2. The van der Waals surface area contributed by atoms with Crippen molar-refractivity contribution in [3.05, 3.63) is 42.0 Å². The number of benzene rings is 2. The zero-order valence-corrected chi connectivity index (χ0v) is 21.4. The van der Waals surface area contributed by atoms with Crippen LogP contribution >= 0.6 is 0 Å².